The molecule has 0 saturated carbocycles. The second-order valence-corrected chi connectivity index (χ2v) is 7.70. The molecule has 0 atom stereocenters. The van der Waals surface area contributed by atoms with Gasteiger partial charge in [-0.1, -0.05) is 11.6 Å². The van der Waals surface area contributed by atoms with E-state index in [-0.39, 0.29) is 6.61 Å². The van der Waals surface area contributed by atoms with E-state index >= 15 is 0 Å². The molecule has 3 aromatic rings. The number of aryl methyl sites for hydroxylation is 1. The highest BCUT2D eigenvalue weighted by molar-refractivity contribution is 7.98. The third-order valence-electron chi connectivity index (χ3n) is 3.51. The van der Waals surface area contributed by atoms with E-state index in [1.54, 1.807) is 23.1 Å². The van der Waals surface area contributed by atoms with Crippen LogP contribution in [0.2, 0.25) is 5.02 Å². The molecular formula is C18H15ClO3S2. The molecule has 3 nitrogen and oxygen atoms in total. The van der Waals surface area contributed by atoms with Crippen LogP contribution in [0.4, 0.5) is 0 Å². The van der Waals surface area contributed by atoms with Gasteiger partial charge in [0.2, 0.25) is 0 Å². The molecule has 0 spiro atoms. The zero-order valence-corrected chi connectivity index (χ0v) is 15.3. The lowest BCUT2D eigenvalue weighted by atomic mass is 10.2. The first-order chi connectivity index (χ1) is 11.5. The number of carboxylic acid groups (broad SMARTS) is 1. The van der Waals surface area contributed by atoms with Crippen molar-refractivity contribution in [2.45, 2.75) is 17.6 Å². The third-order valence-corrected chi connectivity index (χ3v) is 5.80. The van der Waals surface area contributed by atoms with Crippen LogP contribution < -0.4 is 4.74 Å². The third kappa shape index (κ3) is 4.04. The molecule has 0 aliphatic carbocycles. The summed E-state index contributed by atoms with van der Waals surface area (Å²) in [6.07, 6.45) is 0. The fraction of sp³-hybridized carbons (Fsp3) is 0.167. The summed E-state index contributed by atoms with van der Waals surface area (Å²) in [6, 6.07) is 11.8. The maximum Gasteiger partial charge on any atom is 0.341 e. The van der Waals surface area contributed by atoms with Crippen molar-refractivity contribution in [3.63, 3.8) is 0 Å². The number of hydrogen-bond acceptors (Lipinski definition) is 4. The van der Waals surface area contributed by atoms with Crippen LogP contribution in [0.25, 0.3) is 10.1 Å². The Bertz CT molecular complexity index is 889. The van der Waals surface area contributed by atoms with E-state index in [2.05, 4.69) is 11.4 Å². The summed E-state index contributed by atoms with van der Waals surface area (Å²) in [7, 11) is 0. The molecule has 124 valence electrons. The number of thiophene rings is 1. The number of hydrogen-bond donors (Lipinski definition) is 1. The summed E-state index contributed by atoms with van der Waals surface area (Å²) in [5.41, 5.74) is 2.20. The smallest absolute Gasteiger partial charge is 0.341 e. The fourth-order valence-corrected chi connectivity index (χ4v) is 4.55. The normalized spacial score (nSPS) is 10.9. The summed E-state index contributed by atoms with van der Waals surface area (Å²) >= 11 is 9.56. The highest BCUT2D eigenvalue weighted by atomic mass is 35.5. The fourth-order valence-electron chi connectivity index (χ4n) is 2.34. The summed E-state index contributed by atoms with van der Waals surface area (Å²) < 4.78 is 6.49. The van der Waals surface area contributed by atoms with Gasteiger partial charge in [0.1, 0.15) is 5.75 Å². The first kappa shape index (κ1) is 17.1. The van der Waals surface area contributed by atoms with Crippen LogP contribution >= 0.6 is 34.7 Å². The van der Waals surface area contributed by atoms with Crippen molar-refractivity contribution in [2.75, 3.05) is 6.61 Å². The largest absolute Gasteiger partial charge is 0.482 e. The van der Waals surface area contributed by atoms with Crippen molar-refractivity contribution in [1.29, 1.82) is 0 Å². The van der Waals surface area contributed by atoms with Crippen LogP contribution in [0.1, 0.15) is 11.1 Å². The first-order valence-corrected chi connectivity index (χ1v) is 9.51. The van der Waals surface area contributed by atoms with Gasteiger partial charge in [0.25, 0.3) is 0 Å². The molecular weight excluding hydrogens is 364 g/mol. The Labute approximate surface area is 153 Å². The predicted octanol–water partition coefficient (Wildman–Crippen LogP) is 5.62. The summed E-state index contributed by atoms with van der Waals surface area (Å²) in [5, 5.41) is 12.8. The van der Waals surface area contributed by atoms with E-state index in [0.717, 1.165) is 21.2 Å². The number of halogens is 1. The van der Waals surface area contributed by atoms with E-state index < -0.39 is 5.97 Å². The molecule has 0 aliphatic rings. The molecule has 0 radical (unpaired) electrons. The van der Waals surface area contributed by atoms with Gasteiger partial charge in [0.05, 0.1) is 0 Å². The quantitative estimate of drug-likeness (QED) is 0.565. The Balaban J connectivity index is 1.71. The molecule has 1 N–H and O–H groups in total. The standard InChI is InChI=1S/C18H15ClO3S2/c1-11-6-14(3-4-16(11)22-8-18(20)21)23-9-12-10-24-17-5-2-13(19)7-15(12)17/h2-7,10H,8-9H2,1H3,(H,20,21). The molecule has 1 aromatic heterocycles. The topological polar surface area (TPSA) is 46.5 Å². The minimum Gasteiger partial charge on any atom is -0.482 e. The van der Waals surface area contributed by atoms with Crippen molar-refractivity contribution in [3.8, 4) is 5.75 Å². The van der Waals surface area contributed by atoms with Crippen LogP contribution in [0.5, 0.6) is 5.75 Å². The van der Waals surface area contributed by atoms with Crippen LogP contribution in [-0.2, 0) is 10.5 Å². The number of ether oxygens (including phenoxy) is 1. The van der Waals surface area contributed by atoms with Gasteiger partial charge >= 0.3 is 5.97 Å². The number of rotatable bonds is 6. The zero-order valence-electron chi connectivity index (χ0n) is 12.9. The van der Waals surface area contributed by atoms with E-state index in [4.69, 9.17) is 21.4 Å². The Morgan fingerprint density at radius 1 is 1.29 bits per heavy atom. The average molecular weight is 379 g/mol. The number of aliphatic carboxylic acids is 1. The van der Waals surface area contributed by atoms with Gasteiger partial charge in [0, 0.05) is 20.4 Å². The van der Waals surface area contributed by atoms with E-state index in [0.29, 0.717) is 5.75 Å². The van der Waals surface area contributed by atoms with Gasteiger partial charge in [0.15, 0.2) is 6.61 Å². The maximum atomic E-state index is 10.6. The molecule has 0 saturated heterocycles. The van der Waals surface area contributed by atoms with Crippen LogP contribution in [-0.4, -0.2) is 17.7 Å². The van der Waals surface area contributed by atoms with Crippen LogP contribution in [0, 0.1) is 6.92 Å². The van der Waals surface area contributed by atoms with E-state index in [9.17, 15) is 4.79 Å². The summed E-state index contributed by atoms with van der Waals surface area (Å²) in [4.78, 5) is 11.7. The highest BCUT2D eigenvalue weighted by Gasteiger charge is 2.08. The lowest BCUT2D eigenvalue weighted by molar-refractivity contribution is -0.139. The maximum absolute atomic E-state index is 10.6. The van der Waals surface area contributed by atoms with Crippen LogP contribution in [0.3, 0.4) is 0 Å². The average Bonchev–Trinajstić information content (AvgIpc) is 2.94. The lowest BCUT2D eigenvalue weighted by Crippen LogP contribution is -2.09. The molecule has 0 aliphatic heterocycles. The van der Waals surface area contributed by atoms with Gasteiger partial charge in [-0.25, -0.2) is 4.79 Å². The molecule has 0 bridgehead atoms. The van der Waals surface area contributed by atoms with Crippen molar-refractivity contribution >= 4 is 50.8 Å². The van der Waals surface area contributed by atoms with E-state index in [1.807, 2.05) is 37.3 Å². The SMILES string of the molecule is Cc1cc(SCc2csc3ccc(Cl)cc23)ccc1OCC(=O)O. The molecule has 6 heteroatoms. The molecule has 24 heavy (non-hydrogen) atoms. The Hall–Kier alpha value is -1.69. The molecule has 0 fully saturated rings. The summed E-state index contributed by atoms with van der Waals surface area (Å²) in [5.74, 6) is 0.486. The Morgan fingerprint density at radius 3 is 2.88 bits per heavy atom. The number of thioether (sulfide) groups is 1. The zero-order chi connectivity index (χ0) is 17.1. The second-order valence-electron chi connectivity index (χ2n) is 5.30. The van der Waals surface area contributed by atoms with Crippen molar-refractivity contribution in [2.24, 2.45) is 0 Å². The molecule has 3 rings (SSSR count). The van der Waals surface area contributed by atoms with Gasteiger partial charge in [-0.3, -0.25) is 0 Å². The van der Waals surface area contributed by atoms with Crippen molar-refractivity contribution in [1.82, 2.24) is 0 Å². The predicted molar refractivity (Wildman–Crippen MR) is 101 cm³/mol. The van der Waals surface area contributed by atoms with Crippen molar-refractivity contribution in [3.05, 3.63) is 57.9 Å². The molecule has 1 heterocycles. The minimum atomic E-state index is -0.976. The Morgan fingerprint density at radius 2 is 2.12 bits per heavy atom. The number of carbonyl (C=O) groups is 1. The summed E-state index contributed by atoms with van der Waals surface area (Å²) in [6.45, 7) is 1.59. The monoisotopic (exact) mass is 378 g/mol. The second kappa shape index (κ2) is 7.47. The van der Waals surface area contributed by atoms with Gasteiger partial charge in [-0.2, -0.15) is 0 Å². The first-order valence-electron chi connectivity index (χ1n) is 7.26. The Kier molecular flexibility index (Phi) is 5.33. The number of fused-ring (bicyclic) bond motifs is 1. The van der Waals surface area contributed by atoms with E-state index in [1.165, 1.54) is 15.6 Å². The highest BCUT2D eigenvalue weighted by Crippen LogP contribution is 2.34. The molecule has 2 aromatic carbocycles. The van der Waals surface area contributed by atoms with Gasteiger partial charge in [-0.15, -0.1) is 23.1 Å². The van der Waals surface area contributed by atoms with Gasteiger partial charge < -0.3 is 9.84 Å². The van der Waals surface area contributed by atoms with Gasteiger partial charge in [-0.05, 0) is 65.2 Å². The molecule has 0 unspecified atom stereocenters. The minimum absolute atomic E-state index is 0.324. The van der Waals surface area contributed by atoms with Crippen molar-refractivity contribution < 1.29 is 14.6 Å². The lowest BCUT2D eigenvalue weighted by Gasteiger charge is -2.09. The number of carboxylic acids is 1. The molecule has 0 amide bonds. The number of benzene rings is 2. The van der Waals surface area contributed by atoms with Crippen LogP contribution in [0.15, 0.2) is 46.7 Å².